The summed E-state index contributed by atoms with van der Waals surface area (Å²) in [5.41, 5.74) is 2.78. The molecule has 2 aromatic carbocycles. The lowest BCUT2D eigenvalue weighted by Crippen LogP contribution is -2.42. The number of carboxylic acids is 2. The van der Waals surface area contributed by atoms with Gasteiger partial charge in [-0.3, -0.25) is 10.00 Å². The number of carboxylic acid groups (broad SMARTS) is 2. The van der Waals surface area contributed by atoms with Gasteiger partial charge in [0.05, 0.1) is 30.0 Å². The number of ether oxygens (including phenoxy) is 1. The quantitative estimate of drug-likeness (QED) is 0.263. The lowest BCUT2D eigenvalue weighted by molar-refractivity contribution is -0.193. The van der Waals surface area contributed by atoms with Gasteiger partial charge in [-0.25, -0.2) is 14.4 Å². The number of nitrogens with one attached hydrogen (secondary N) is 3. The van der Waals surface area contributed by atoms with Crippen LogP contribution in [0.1, 0.15) is 11.5 Å². The zero-order valence-corrected chi connectivity index (χ0v) is 21.9. The molecule has 4 rings (SSSR count). The number of halogens is 6. The lowest BCUT2D eigenvalue weighted by Gasteiger charge is -2.20. The maximum absolute atomic E-state index is 12.7. The number of para-hydroxylation sites is 1. The van der Waals surface area contributed by atoms with Crippen LogP contribution in [0.5, 0.6) is 0 Å². The Morgan fingerprint density at radius 3 is 2.12 bits per heavy atom. The number of anilines is 1. The van der Waals surface area contributed by atoms with E-state index in [0.717, 1.165) is 36.2 Å². The van der Waals surface area contributed by atoms with Crippen LogP contribution in [0.2, 0.25) is 0 Å². The van der Waals surface area contributed by atoms with Gasteiger partial charge in [0.25, 0.3) is 0 Å². The van der Waals surface area contributed by atoms with Gasteiger partial charge in [0.2, 0.25) is 0 Å². The van der Waals surface area contributed by atoms with E-state index in [9.17, 15) is 31.1 Å². The van der Waals surface area contributed by atoms with Crippen LogP contribution in [0.3, 0.4) is 0 Å². The maximum atomic E-state index is 12.7. The number of aliphatic carboxylic acids is 2. The molecule has 2 atom stereocenters. The highest BCUT2D eigenvalue weighted by atomic mass is 19.4. The van der Waals surface area contributed by atoms with Crippen molar-refractivity contribution in [2.75, 3.05) is 38.7 Å². The second kappa shape index (κ2) is 15.0. The van der Waals surface area contributed by atoms with Crippen LogP contribution in [0, 0.1) is 0 Å². The van der Waals surface area contributed by atoms with E-state index in [1.165, 1.54) is 5.56 Å². The average Bonchev–Trinajstić information content (AvgIpc) is 3.55. The topological polar surface area (TPSA) is 157 Å². The highest BCUT2D eigenvalue weighted by Gasteiger charge is 2.39. The van der Waals surface area contributed by atoms with Gasteiger partial charge in [0.1, 0.15) is 0 Å². The van der Waals surface area contributed by atoms with E-state index in [2.05, 4.69) is 37.9 Å². The molecular weight excluding hydrogens is 580 g/mol. The molecule has 42 heavy (non-hydrogen) atoms. The molecule has 1 saturated heterocycles. The van der Waals surface area contributed by atoms with Crippen LogP contribution < -0.4 is 10.6 Å². The highest BCUT2D eigenvalue weighted by Crippen LogP contribution is 2.28. The number of likely N-dealkylation sites (tertiary alicyclic amines) is 1. The second-order valence-corrected chi connectivity index (χ2v) is 8.72. The molecule has 0 unspecified atom stereocenters. The van der Waals surface area contributed by atoms with Crippen LogP contribution in [0.4, 0.5) is 36.8 Å². The fourth-order valence-corrected chi connectivity index (χ4v) is 3.87. The summed E-state index contributed by atoms with van der Waals surface area (Å²) in [6.45, 7) is 3.23. The zero-order valence-electron chi connectivity index (χ0n) is 21.9. The summed E-state index contributed by atoms with van der Waals surface area (Å²) in [7, 11) is 1.71. The SMILES string of the molecule is COCCN1C[C@@H](NC(=O)Nc2cccc3cn[nH]c23)[C@H](c2ccccc2)C1.O=C(O)C(F)(F)F.O=C(O)C(F)(F)F. The molecule has 2 heterocycles. The number of nitrogens with zero attached hydrogens (tertiary/aromatic N) is 2. The van der Waals surface area contributed by atoms with E-state index in [0.29, 0.717) is 6.61 Å². The third kappa shape index (κ3) is 10.5. The van der Waals surface area contributed by atoms with Crippen molar-refractivity contribution >= 4 is 34.6 Å². The summed E-state index contributed by atoms with van der Waals surface area (Å²) < 4.78 is 68.7. The predicted octanol–water partition coefficient (Wildman–Crippen LogP) is 4.07. The number of benzene rings is 2. The van der Waals surface area contributed by atoms with E-state index in [1.54, 1.807) is 13.3 Å². The van der Waals surface area contributed by atoms with Gasteiger partial charge in [-0.05, 0) is 11.6 Å². The number of alkyl halides is 6. The maximum Gasteiger partial charge on any atom is 0.490 e. The average molecular weight is 608 g/mol. The van der Waals surface area contributed by atoms with Gasteiger partial charge in [-0.15, -0.1) is 0 Å². The van der Waals surface area contributed by atoms with Crippen molar-refractivity contribution in [2.24, 2.45) is 0 Å². The number of urea groups is 1. The Bertz CT molecular complexity index is 1290. The number of hydrogen-bond donors (Lipinski definition) is 5. The molecule has 2 amide bonds. The van der Waals surface area contributed by atoms with Crippen molar-refractivity contribution in [1.82, 2.24) is 20.4 Å². The summed E-state index contributed by atoms with van der Waals surface area (Å²) >= 11 is 0. The lowest BCUT2D eigenvalue weighted by atomic mass is 9.94. The summed E-state index contributed by atoms with van der Waals surface area (Å²) in [5.74, 6) is -5.27. The molecule has 3 aromatic rings. The van der Waals surface area contributed by atoms with E-state index in [1.807, 2.05) is 36.4 Å². The van der Waals surface area contributed by atoms with E-state index in [4.69, 9.17) is 24.5 Å². The second-order valence-electron chi connectivity index (χ2n) is 8.72. The van der Waals surface area contributed by atoms with Gasteiger partial charge >= 0.3 is 30.3 Å². The summed E-state index contributed by atoms with van der Waals surface area (Å²) in [6.07, 6.45) is -8.42. The molecule has 0 spiro atoms. The van der Waals surface area contributed by atoms with Crippen molar-refractivity contribution in [3.8, 4) is 0 Å². The third-order valence-corrected chi connectivity index (χ3v) is 5.76. The first-order valence-electron chi connectivity index (χ1n) is 12.0. The number of aromatic amines is 1. The number of carbonyl (C=O) groups excluding carboxylic acids is 1. The number of rotatable bonds is 6. The molecule has 230 valence electrons. The van der Waals surface area contributed by atoms with E-state index in [-0.39, 0.29) is 18.0 Å². The van der Waals surface area contributed by atoms with Crippen molar-refractivity contribution in [3.05, 3.63) is 60.3 Å². The van der Waals surface area contributed by atoms with Crippen LogP contribution in [-0.4, -0.2) is 95.0 Å². The Morgan fingerprint density at radius 2 is 1.57 bits per heavy atom. The zero-order chi connectivity index (χ0) is 31.5. The number of amides is 2. The number of fused-ring (bicyclic) bond motifs is 1. The number of carbonyl (C=O) groups is 3. The van der Waals surface area contributed by atoms with Crippen LogP contribution in [0.15, 0.2) is 54.7 Å². The Kier molecular flexibility index (Phi) is 12.1. The minimum absolute atomic E-state index is 0.0280. The van der Waals surface area contributed by atoms with Crippen LogP contribution >= 0.6 is 0 Å². The molecular formula is C25H27F6N5O6. The van der Waals surface area contributed by atoms with Crippen molar-refractivity contribution in [3.63, 3.8) is 0 Å². The Hall–Kier alpha value is -4.38. The standard InChI is InChI=1S/C21H25N5O2.2C2HF3O2/c1-28-11-10-26-13-17(15-6-3-2-4-7-15)19(14-26)24-21(27)23-18-9-5-8-16-12-22-25-20(16)18;2*3-2(4,5)1(6)7/h2-9,12,17,19H,10-11,13-14H2,1H3,(H,22,25)(H2,23,24,27);2*(H,6,7)/t17-,19+;;/m0../s1. The number of H-pyrrole nitrogens is 1. The minimum Gasteiger partial charge on any atom is -0.475 e. The first-order chi connectivity index (χ1) is 19.6. The van der Waals surface area contributed by atoms with Gasteiger partial charge in [-0.2, -0.15) is 31.4 Å². The smallest absolute Gasteiger partial charge is 0.475 e. The molecule has 0 radical (unpaired) electrons. The third-order valence-electron chi connectivity index (χ3n) is 5.76. The Morgan fingerprint density at radius 1 is 0.976 bits per heavy atom. The molecule has 0 aliphatic carbocycles. The molecule has 1 aliphatic rings. The fourth-order valence-electron chi connectivity index (χ4n) is 3.87. The van der Waals surface area contributed by atoms with E-state index < -0.39 is 24.3 Å². The monoisotopic (exact) mass is 607 g/mol. The normalized spacial score (nSPS) is 16.9. The summed E-state index contributed by atoms with van der Waals surface area (Å²) in [6, 6.07) is 15.9. The van der Waals surface area contributed by atoms with Gasteiger partial charge in [0.15, 0.2) is 0 Å². The van der Waals surface area contributed by atoms with Gasteiger partial charge in [-0.1, -0.05) is 42.5 Å². The Balaban J connectivity index is 0.000000367. The Labute approximate surface area is 234 Å². The highest BCUT2D eigenvalue weighted by molar-refractivity contribution is 5.99. The molecule has 1 aliphatic heterocycles. The summed E-state index contributed by atoms with van der Waals surface area (Å²) in [5, 5.41) is 28.3. The minimum atomic E-state index is -5.08. The number of hydrogen-bond acceptors (Lipinski definition) is 6. The van der Waals surface area contributed by atoms with Crippen molar-refractivity contribution < 1.29 is 55.7 Å². The summed E-state index contributed by atoms with van der Waals surface area (Å²) in [4.78, 5) is 32.9. The largest absolute Gasteiger partial charge is 0.490 e. The first-order valence-corrected chi connectivity index (χ1v) is 12.0. The first kappa shape index (κ1) is 33.8. The van der Waals surface area contributed by atoms with Gasteiger partial charge < -0.3 is 25.6 Å². The molecule has 0 saturated carbocycles. The van der Waals surface area contributed by atoms with Crippen molar-refractivity contribution in [2.45, 2.75) is 24.3 Å². The number of aromatic nitrogens is 2. The van der Waals surface area contributed by atoms with E-state index >= 15 is 0 Å². The molecule has 17 heteroatoms. The molecule has 5 N–H and O–H groups in total. The van der Waals surface area contributed by atoms with Crippen molar-refractivity contribution in [1.29, 1.82) is 0 Å². The molecule has 11 nitrogen and oxygen atoms in total. The van der Waals surface area contributed by atoms with Crippen LogP contribution in [0.25, 0.3) is 10.9 Å². The number of methoxy groups -OCH3 is 1. The fraction of sp³-hybridized carbons (Fsp3) is 0.360. The van der Waals surface area contributed by atoms with Gasteiger partial charge in [0, 0.05) is 38.0 Å². The molecule has 1 fully saturated rings. The molecule has 0 bridgehead atoms. The molecule has 1 aromatic heterocycles. The van der Waals surface area contributed by atoms with Crippen LogP contribution in [-0.2, 0) is 14.3 Å². The predicted molar refractivity (Wildman–Crippen MR) is 137 cm³/mol.